The van der Waals surface area contributed by atoms with Gasteiger partial charge in [0.25, 0.3) is 0 Å². The van der Waals surface area contributed by atoms with Crippen molar-refractivity contribution in [2.24, 2.45) is 0 Å². The molecule has 7 nitrogen and oxygen atoms in total. The highest BCUT2D eigenvalue weighted by atomic mass is 16.6. The van der Waals surface area contributed by atoms with Crippen LogP contribution in [0, 0.1) is 0 Å². The van der Waals surface area contributed by atoms with E-state index in [4.69, 9.17) is 14.6 Å². The van der Waals surface area contributed by atoms with Crippen molar-refractivity contribution in [2.75, 3.05) is 38.8 Å². The minimum atomic E-state index is 0.0586. The molecule has 1 aromatic carbocycles. The van der Waals surface area contributed by atoms with Crippen LogP contribution in [0.4, 0.5) is 5.82 Å². The SMILES string of the molecule is CN(C)c1cc(-c2cccc(-c3ccn(C[C@@H]4COCCO4)n3)c2)ncn1. The Morgan fingerprint density at radius 2 is 1.93 bits per heavy atom. The van der Waals surface area contributed by atoms with E-state index < -0.39 is 0 Å². The number of benzene rings is 1. The van der Waals surface area contributed by atoms with E-state index >= 15 is 0 Å². The van der Waals surface area contributed by atoms with Gasteiger partial charge in [-0.2, -0.15) is 5.10 Å². The van der Waals surface area contributed by atoms with Crippen LogP contribution in [0.1, 0.15) is 0 Å². The molecule has 0 spiro atoms. The molecule has 0 saturated carbocycles. The third kappa shape index (κ3) is 4.15. The summed E-state index contributed by atoms with van der Waals surface area (Å²) in [6.07, 6.45) is 3.64. The van der Waals surface area contributed by atoms with Crippen molar-refractivity contribution in [1.29, 1.82) is 0 Å². The predicted molar refractivity (Wildman–Crippen MR) is 104 cm³/mol. The Hall–Kier alpha value is -2.77. The topological polar surface area (TPSA) is 65.3 Å². The number of ether oxygens (including phenoxy) is 2. The zero-order valence-electron chi connectivity index (χ0n) is 15.6. The zero-order valence-corrected chi connectivity index (χ0v) is 15.6. The molecule has 0 radical (unpaired) electrons. The van der Waals surface area contributed by atoms with Crippen LogP contribution in [0.25, 0.3) is 22.5 Å². The van der Waals surface area contributed by atoms with Crippen molar-refractivity contribution in [2.45, 2.75) is 12.6 Å². The number of hydrogen-bond acceptors (Lipinski definition) is 6. The van der Waals surface area contributed by atoms with Crippen molar-refractivity contribution in [3.63, 3.8) is 0 Å². The van der Waals surface area contributed by atoms with E-state index in [9.17, 15) is 0 Å². The van der Waals surface area contributed by atoms with Crippen LogP contribution < -0.4 is 4.90 Å². The second-order valence-electron chi connectivity index (χ2n) is 6.73. The highest BCUT2D eigenvalue weighted by Crippen LogP contribution is 2.25. The first-order valence-corrected chi connectivity index (χ1v) is 9.02. The quantitative estimate of drug-likeness (QED) is 0.692. The van der Waals surface area contributed by atoms with Crippen LogP contribution in [-0.4, -0.2) is 59.8 Å². The van der Waals surface area contributed by atoms with Crippen molar-refractivity contribution in [3.8, 4) is 22.5 Å². The molecule has 27 heavy (non-hydrogen) atoms. The molecule has 3 heterocycles. The summed E-state index contributed by atoms with van der Waals surface area (Å²) in [6.45, 7) is 2.63. The fourth-order valence-electron chi connectivity index (χ4n) is 3.06. The summed E-state index contributed by atoms with van der Waals surface area (Å²) in [5.41, 5.74) is 3.91. The molecule has 1 fully saturated rings. The Bertz CT molecular complexity index is 903. The van der Waals surface area contributed by atoms with Crippen molar-refractivity contribution in [1.82, 2.24) is 19.7 Å². The molecule has 1 aliphatic rings. The van der Waals surface area contributed by atoms with Crippen LogP contribution in [0.3, 0.4) is 0 Å². The third-order valence-electron chi connectivity index (χ3n) is 4.48. The van der Waals surface area contributed by atoms with Gasteiger partial charge in [-0.25, -0.2) is 9.97 Å². The fraction of sp³-hybridized carbons (Fsp3) is 0.350. The summed E-state index contributed by atoms with van der Waals surface area (Å²) in [4.78, 5) is 10.7. The highest BCUT2D eigenvalue weighted by Gasteiger charge is 2.15. The molecule has 2 aromatic heterocycles. The predicted octanol–water partition coefficient (Wildman–Crippen LogP) is 2.49. The Labute approximate surface area is 158 Å². The van der Waals surface area contributed by atoms with Gasteiger partial charge >= 0.3 is 0 Å². The molecular weight excluding hydrogens is 342 g/mol. The Morgan fingerprint density at radius 3 is 2.70 bits per heavy atom. The first-order valence-electron chi connectivity index (χ1n) is 9.02. The van der Waals surface area contributed by atoms with E-state index in [0.717, 1.165) is 28.3 Å². The number of hydrogen-bond donors (Lipinski definition) is 0. The molecule has 1 saturated heterocycles. The first kappa shape index (κ1) is 17.6. The zero-order chi connectivity index (χ0) is 18.6. The fourth-order valence-corrected chi connectivity index (χ4v) is 3.06. The van der Waals surface area contributed by atoms with Crippen LogP contribution in [0.15, 0.2) is 48.9 Å². The smallest absolute Gasteiger partial charge is 0.132 e. The van der Waals surface area contributed by atoms with Gasteiger partial charge in [-0.15, -0.1) is 0 Å². The summed E-state index contributed by atoms with van der Waals surface area (Å²) in [5.74, 6) is 0.879. The maximum Gasteiger partial charge on any atom is 0.132 e. The van der Waals surface area contributed by atoms with Gasteiger partial charge in [0.2, 0.25) is 0 Å². The number of nitrogens with zero attached hydrogens (tertiary/aromatic N) is 5. The van der Waals surface area contributed by atoms with Gasteiger partial charge in [0, 0.05) is 37.5 Å². The molecule has 7 heteroatoms. The summed E-state index contributed by atoms with van der Waals surface area (Å²) in [7, 11) is 3.94. The second kappa shape index (κ2) is 7.85. The van der Waals surface area contributed by atoms with Crippen LogP contribution in [0.2, 0.25) is 0 Å². The Morgan fingerprint density at radius 1 is 1.07 bits per heavy atom. The molecule has 0 aliphatic carbocycles. The van der Waals surface area contributed by atoms with Crippen LogP contribution in [-0.2, 0) is 16.0 Å². The minimum Gasteiger partial charge on any atom is -0.376 e. The molecule has 0 bridgehead atoms. The monoisotopic (exact) mass is 365 g/mol. The van der Waals surface area contributed by atoms with E-state index in [1.807, 2.05) is 48.1 Å². The molecular formula is C20H23N5O2. The summed E-state index contributed by atoms with van der Waals surface area (Å²) in [5, 5.41) is 4.70. The molecule has 3 aromatic rings. The van der Waals surface area contributed by atoms with Crippen molar-refractivity contribution < 1.29 is 9.47 Å². The summed E-state index contributed by atoms with van der Waals surface area (Å²) < 4.78 is 13.1. The lowest BCUT2D eigenvalue weighted by molar-refractivity contribution is -0.0946. The number of anilines is 1. The van der Waals surface area contributed by atoms with Gasteiger partial charge in [0.05, 0.1) is 37.8 Å². The molecule has 1 aliphatic heterocycles. The first-order chi connectivity index (χ1) is 13.2. The Balaban J connectivity index is 1.55. The second-order valence-corrected chi connectivity index (χ2v) is 6.73. The van der Waals surface area contributed by atoms with Gasteiger partial charge < -0.3 is 14.4 Å². The van der Waals surface area contributed by atoms with Crippen molar-refractivity contribution >= 4 is 5.82 Å². The van der Waals surface area contributed by atoms with Crippen LogP contribution >= 0.6 is 0 Å². The van der Waals surface area contributed by atoms with Gasteiger partial charge in [0.15, 0.2) is 0 Å². The number of rotatable bonds is 5. The van der Waals surface area contributed by atoms with E-state index in [0.29, 0.717) is 26.4 Å². The van der Waals surface area contributed by atoms with E-state index in [2.05, 4.69) is 28.2 Å². The average Bonchev–Trinajstić information content (AvgIpc) is 3.17. The largest absolute Gasteiger partial charge is 0.376 e. The van der Waals surface area contributed by atoms with Crippen molar-refractivity contribution in [3.05, 3.63) is 48.9 Å². The lowest BCUT2D eigenvalue weighted by Gasteiger charge is -2.22. The average molecular weight is 365 g/mol. The van der Waals surface area contributed by atoms with Gasteiger partial charge in [-0.05, 0) is 12.1 Å². The van der Waals surface area contributed by atoms with Gasteiger partial charge in [-0.3, -0.25) is 4.68 Å². The lowest BCUT2D eigenvalue weighted by atomic mass is 10.1. The maximum absolute atomic E-state index is 5.70. The third-order valence-corrected chi connectivity index (χ3v) is 4.48. The maximum atomic E-state index is 5.70. The normalized spacial score (nSPS) is 17.0. The van der Waals surface area contributed by atoms with Gasteiger partial charge in [0.1, 0.15) is 18.2 Å². The van der Waals surface area contributed by atoms with Crippen LogP contribution in [0.5, 0.6) is 0 Å². The standard InChI is InChI=1S/C20H23N5O2/c1-24(2)20-11-19(21-14-22-20)16-5-3-4-15(10-16)18-6-7-25(23-18)12-17-13-26-8-9-27-17/h3-7,10-11,14,17H,8-9,12-13H2,1-2H3/t17-/m1/s1. The molecule has 1 atom stereocenters. The van der Waals surface area contributed by atoms with Gasteiger partial charge in [-0.1, -0.05) is 18.2 Å². The minimum absolute atomic E-state index is 0.0586. The van der Waals surface area contributed by atoms with E-state index in [1.54, 1.807) is 6.33 Å². The lowest BCUT2D eigenvalue weighted by Crippen LogP contribution is -2.32. The number of aromatic nitrogens is 4. The van der Waals surface area contributed by atoms with E-state index in [-0.39, 0.29) is 6.10 Å². The molecule has 4 rings (SSSR count). The Kier molecular flexibility index (Phi) is 5.13. The summed E-state index contributed by atoms with van der Waals surface area (Å²) in [6, 6.07) is 12.2. The highest BCUT2D eigenvalue weighted by molar-refractivity contribution is 5.70. The molecule has 0 amide bonds. The summed E-state index contributed by atoms with van der Waals surface area (Å²) >= 11 is 0. The van der Waals surface area contributed by atoms with E-state index in [1.165, 1.54) is 0 Å². The molecule has 140 valence electrons. The molecule has 0 N–H and O–H groups in total. The molecule has 0 unspecified atom stereocenters.